The van der Waals surface area contributed by atoms with Crippen molar-refractivity contribution >= 4 is 5.91 Å². The maximum absolute atomic E-state index is 12.2. The van der Waals surface area contributed by atoms with Crippen molar-refractivity contribution in [1.82, 2.24) is 25.1 Å². The van der Waals surface area contributed by atoms with Gasteiger partial charge in [-0.15, -0.1) is 0 Å². The van der Waals surface area contributed by atoms with Gasteiger partial charge in [0.1, 0.15) is 11.5 Å². The number of nitrogens with one attached hydrogen (secondary N) is 2. The van der Waals surface area contributed by atoms with Gasteiger partial charge in [0.05, 0.1) is 6.04 Å². The average Bonchev–Trinajstić information content (AvgIpc) is 2.96. The lowest BCUT2D eigenvalue weighted by Gasteiger charge is -2.14. The first-order valence-corrected chi connectivity index (χ1v) is 6.35. The van der Waals surface area contributed by atoms with Crippen LogP contribution in [0.2, 0.25) is 0 Å². The minimum atomic E-state index is -0.170. The molecule has 6 nitrogen and oxygen atoms in total. The third-order valence-electron chi connectivity index (χ3n) is 2.87. The lowest BCUT2D eigenvalue weighted by atomic mass is 10.3. The number of aromatic nitrogens is 4. The molecule has 0 aromatic carbocycles. The minimum absolute atomic E-state index is 0.146. The predicted octanol–water partition coefficient (Wildman–Crippen LogP) is 1.99. The molecule has 2 aromatic rings. The molecule has 0 aliphatic heterocycles. The lowest BCUT2D eigenvalue weighted by molar-refractivity contribution is 0.0925. The fourth-order valence-electron chi connectivity index (χ4n) is 1.90. The number of hydrogen-bond acceptors (Lipinski definition) is 3. The van der Waals surface area contributed by atoms with Gasteiger partial charge in [0.15, 0.2) is 0 Å². The summed E-state index contributed by atoms with van der Waals surface area (Å²) in [5.41, 5.74) is 1.54. The first-order valence-electron chi connectivity index (χ1n) is 6.35. The third-order valence-corrected chi connectivity index (χ3v) is 2.87. The highest BCUT2D eigenvalue weighted by molar-refractivity contribution is 5.92. The Hall–Kier alpha value is -2.11. The Morgan fingerprint density at radius 1 is 1.42 bits per heavy atom. The third kappa shape index (κ3) is 2.83. The molecule has 0 aliphatic rings. The van der Waals surface area contributed by atoms with Gasteiger partial charge in [0, 0.05) is 24.1 Å². The van der Waals surface area contributed by atoms with Crippen LogP contribution in [0.4, 0.5) is 0 Å². The second-order valence-corrected chi connectivity index (χ2v) is 4.90. The van der Waals surface area contributed by atoms with Crippen molar-refractivity contribution in [3.05, 3.63) is 35.7 Å². The molecule has 2 aromatic heterocycles. The summed E-state index contributed by atoms with van der Waals surface area (Å²) in [5.74, 6) is 0.606. The zero-order valence-corrected chi connectivity index (χ0v) is 11.6. The fourth-order valence-corrected chi connectivity index (χ4v) is 1.90. The Labute approximate surface area is 112 Å². The van der Waals surface area contributed by atoms with Gasteiger partial charge < -0.3 is 10.3 Å². The van der Waals surface area contributed by atoms with Gasteiger partial charge in [0.2, 0.25) is 0 Å². The van der Waals surface area contributed by atoms with Crippen molar-refractivity contribution < 1.29 is 4.79 Å². The Bertz CT molecular complexity index is 569. The van der Waals surface area contributed by atoms with E-state index in [4.69, 9.17) is 0 Å². The molecule has 0 spiro atoms. The predicted molar refractivity (Wildman–Crippen MR) is 71.8 cm³/mol. The summed E-state index contributed by atoms with van der Waals surface area (Å²) in [6, 6.07) is 1.70. The molecular formula is C13H19N5O. The SMILES string of the molecule is Cc1cnc([C@@H](C)NC(=O)c2ccnn2C(C)C)[nH]1. The summed E-state index contributed by atoms with van der Waals surface area (Å²) in [5, 5.41) is 7.07. The molecule has 0 aliphatic carbocycles. The van der Waals surface area contributed by atoms with E-state index in [0.717, 1.165) is 11.5 Å². The number of nitrogens with zero attached hydrogens (tertiary/aromatic N) is 3. The van der Waals surface area contributed by atoms with Gasteiger partial charge in [-0.1, -0.05) is 0 Å². The van der Waals surface area contributed by atoms with Crippen LogP contribution in [0.15, 0.2) is 18.5 Å². The van der Waals surface area contributed by atoms with Crippen LogP contribution in [-0.4, -0.2) is 25.7 Å². The molecule has 2 heterocycles. The zero-order chi connectivity index (χ0) is 14.0. The molecule has 2 rings (SSSR count). The number of imidazole rings is 1. The van der Waals surface area contributed by atoms with Crippen LogP contribution in [0.3, 0.4) is 0 Å². The number of amides is 1. The van der Waals surface area contributed by atoms with Crippen LogP contribution in [0.25, 0.3) is 0 Å². The number of carbonyl (C=O) groups excluding carboxylic acids is 1. The monoisotopic (exact) mass is 261 g/mol. The molecule has 19 heavy (non-hydrogen) atoms. The second kappa shape index (κ2) is 5.26. The molecule has 0 radical (unpaired) electrons. The van der Waals surface area contributed by atoms with E-state index in [9.17, 15) is 4.79 Å². The average molecular weight is 261 g/mol. The molecule has 6 heteroatoms. The van der Waals surface area contributed by atoms with E-state index < -0.39 is 0 Å². The van der Waals surface area contributed by atoms with E-state index in [0.29, 0.717) is 5.69 Å². The summed E-state index contributed by atoms with van der Waals surface area (Å²) in [7, 11) is 0. The molecule has 1 atom stereocenters. The minimum Gasteiger partial charge on any atom is -0.344 e. The molecule has 1 amide bonds. The van der Waals surface area contributed by atoms with Crippen LogP contribution >= 0.6 is 0 Å². The topological polar surface area (TPSA) is 75.6 Å². The van der Waals surface area contributed by atoms with Gasteiger partial charge in [-0.2, -0.15) is 5.10 Å². The van der Waals surface area contributed by atoms with Gasteiger partial charge in [-0.3, -0.25) is 9.48 Å². The second-order valence-electron chi connectivity index (χ2n) is 4.90. The van der Waals surface area contributed by atoms with E-state index in [1.54, 1.807) is 23.1 Å². The molecule has 0 unspecified atom stereocenters. The normalized spacial score (nSPS) is 12.7. The number of H-pyrrole nitrogens is 1. The van der Waals surface area contributed by atoms with Gasteiger partial charge in [-0.05, 0) is 33.8 Å². The summed E-state index contributed by atoms with van der Waals surface area (Å²) >= 11 is 0. The number of carbonyl (C=O) groups is 1. The number of aryl methyl sites for hydroxylation is 1. The molecule has 0 fully saturated rings. The molecular weight excluding hydrogens is 242 g/mol. The van der Waals surface area contributed by atoms with Crippen molar-refractivity contribution in [2.24, 2.45) is 0 Å². The summed E-state index contributed by atoms with van der Waals surface area (Å²) < 4.78 is 1.70. The summed E-state index contributed by atoms with van der Waals surface area (Å²) in [6.07, 6.45) is 3.38. The van der Waals surface area contributed by atoms with Crippen molar-refractivity contribution in [2.75, 3.05) is 0 Å². The van der Waals surface area contributed by atoms with E-state index in [2.05, 4.69) is 20.4 Å². The fraction of sp³-hybridized carbons (Fsp3) is 0.462. The molecule has 2 N–H and O–H groups in total. The van der Waals surface area contributed by atoms with E-state index in [1.807, 2.05) is 27.7 Å². The maximum Gasteiger partial charge on any atom is 0.270 e. The Morgan fingerprint density at radius 3 is 2.74 bits per heavy atom. The Kier molecular flexibility index (Phi) is 3.69. The summed E-state index contributed by atoms with van der Waals surface area (Å²) in [6.45, 7) is 7.80. The number of aromatic amines is 1. The zero-order valence-electron chi connectivity index (χ0n) is 11.6. The first-order chi connectivity index (χ1) is 8.99. The van der Waals surface area contributed by atoms with Crippen molar-refractivity contribution in [2.45, 2.75) is 39.8 Å². The standard InChI is InChI=1S/C13H19N5O/c1-8(2)18-11(5-6-15-18)13(19)17-10(4)12-14-7-9(3)16-12/h5-8,10H,1-4H3,(H,14,16)(H,17,19)/t10-/m1/s1. The number of hydrogen-bond donors (Lipinski definition) is 2. The van der Waals surface area contributed by atoms with Crippen molar-refractivity contribution in [3.63, 3.8) is 0 Å². The van der Waals surface area contributed by atoms with E-state index in [1.165, 1.54) is 0 Å². The van der Waals surface area contributed by atoms with Gasteiger partial charge in [0.25, 0.3) is 5.91 Å². The van der Waals surface area contributed by atoms with Crippen LogP contribution < -0.4 is 5.32 Å². The largest absolute Gasteiger partial charge is 0.344 e. The summed E-state index contributed by atoms with van der Waals surface area (Å²) in [4.78, 5) is 19.5. The quantitative estimate of drug-likeness (QED) is 0.883. The molecule has 0 saturated heterocycles. The Balaban J connectivity index is 2.10. The van der Waals surface area contributed by atoms with E-state index >= 15 is 0 Å². The van der Waals surface area contributed by atoms with E-state index in [-0.39, 0.29) is 18.0 Å². The highest BCUT2D eigenvalue weighted by Gasteiger charge is 2.17. The first kappa shape index (κ1) is 13.3. The highest BCUT2D eigenvalue weighted by Crippen LogP contribution is 2.11. The van der Waals surface area contributed by atoms with Crippen LogP contribution in [0.1, 0.15) is 54.9 Å². The molecule has 0 bridgehead atoms. The maximum atomic E-state index is 12.2. The molecule has 0 saturated carbocycles. The van der Waals surface area contributed by atoms with Crippen molar-refractivity contribution in [3.8, 4) is 0 Å². The van der Waals surface area contributed by atoms with Gasteiger partial charge in [-0.25, -0.2) is 4.98 Å². The smallest absolute Gasteiger partial charge is 0.270 e. The van der Waals surface area contributed by atoms with Gasteiger partial charge >= 0.3 is 0 Å². The van der Waals surface area contributed by atoms with Crippen LogP contribution in [0.5, 0.6) is 0 Å². The number of rotatable bonds is 4. The lowest BCUT2D eigenvalue weighted by Crippen LogP contribution is -2.29. The van der Waals surface area contributed by atoms with Crippen molar-refractivity contribution in [1.29, 1.82) is 0 Å². The molecule has 102 valence electrons. The Morgan fingerprint density at radius 2 is 2.16 bits per heavy atom. The van der Waals surface area contributed by atoms with Crippen LogP contribution in [0, 0.1) is 6.92 Å². The highest BCUT2D eigenvalue weighted by atomic mass is 16.2. The van der Waals surface area contributed by atoms with Crippen LogP contribution in [-0.2, 0) is 0 Å².